The Morgan fingerprint density at radius 2 is 2.11 bits per heavy atom. The van der Waals surface area contributed by atoms with Crippen molar-refractivity contribution in [2.75, 3.05) is 0 Å². The van der Waals surface area contributed by atoms with Crippen LogP contribution >= 0.6 is 0 Å². The van der Waals surface area contributed by atoms with Crippen LogP contribution in [0.5, 0.6) is 5.88 Å². The molecule has 2 aliphatic rings. The molecule has 3 rings (SSSR count). The van der Waals surface area contributed by atoms with E-state index in [1.54, 1.807) is 6.92 Å². The van der Waals surface area contributed by atoms with Crippen LogP contribution in [0.2, 0.25) is 0 Å². The number of fused-ring (bicyclic) bond motifs is 2. The highest BCUT2D eigenvalue weighted by Gasteiger charge is 2.39. The third-order valence-electron chi connectivity index (χ3n) is 4.92. The van der Waals surface area contributed by atoms with E-state index in [1.165, 1.54) is 23.8 Å². The standard InChI is InChI=1S/C14H20N2O3/c1-2-11-12(17)15-14(19)16(13(11)18)7-10-6-8-3-4-9(10)5-8/h8-10,18H,2-7H2,1H3,(H,15,17,19). The van der Waals surface area contributed by atoms with Gasteiger partial charge in [0, 0.05) is 6.54 Å². The Labute approximate surface area is 111 Å². The Morgan fingerprint density at radius 1 is 1.32 bits per heavy atom. The van der Waals surface area contributed by atoms with Gasteiger partial charge in [-0.3, -0.25) is 14.3 Å². The van der Waals surface area contributed by atoms with Crippen molar-refractivity contribution in [1.29, 1.82) is 0 Å². The predicted molar refractivity (Wildman–Crippen MR) is 71.3 cm³/mol. The highest BCUT2D eigenvalue weighted by Crippen LogP contribution is 2.48. The fraction of sp³-hybridized carbons (Fsp3) is 0.714. The van der Waals surface area contributed by atoms with Crippen molar-refractivity contribution in [3.05, 3.63) is 26.4 Å². The molecule has 5 nitrogen and oxygen atoms in total. The smallest absolute Gasteiger partial charge is 0.331 e. The summed E-state index contributed by atoms with van der Waals surface area (Å²) in [5.74, 6) is 1.83. The summed E-state index contributed by atoms with van der Waals surface area (Å²) >= 11 is 0. The number of aromatic nitrogens is 2. The van der Waals surface area contributed by atoms with Crippen molar-refractivity contribution >= 4 is 0 Å². The first-order valence-electron chi connectivity index (χ1n) is 7.15. The van der Waals surface area contributed by atoms with Gasteiger partial charge in [0.15, 0.2) is 0 Å². The molecule has 2 fully saturated rings. The molecular weight excluding hydrogens is 244 g/mol. The predicted octanol–water partition coefficient (Wildman–Crippen LogP) is 1.24. The summed E-state index contributed by atoms with van der Waals surface area (Å²) in [4.78, 5) is 25.8. The fourth-order valence-corrected chi connectivity index (χ4v) is 3.92. The molecule has 0 saturated heterocycles. The zero-order valence-electron chi connectivity index (χ0n) is 11.2. The normalized spacial score (nSPS) is 29.0. The first-order valence-corrected chi connectivity index (χ1v) is 7.15. The van der Waals surface area contributed by atoms with E-state index in [0.29, 0.717) is 30.4 Å². The lowest BCUT2D eigenvalue weighted by Crippen LogP contribution is -2.34. The van der Waals surface area contributed by atoms with Crippen LogP contribution in [0.4, 0.5) is 0 Å². The van der Waals surface area contributed by atoms with Crippen molar-refractivity contribution in [3.8, 4) is 5.88 Å². The molecule has 3 unspecified atom stereocenters. The summed E-state index contributed by atoms with van der Waals surface area (Å²) in [6.07, 6.45) is 5.40. The van der Waals surface area contributed by atoms with Crippen LogP contribution in [0.25, 0.3) is 0 Å². The monoisotopic (exact) mass is 264 g/mol. The summed E-state index contributed by atoms with van der Waals surface area (Å²) in [6, 6.07) is 0. The second-order valence-electron chi connectivity index (χ2n) is 5.96. The lowest BCUT2D eigenvalue weighted by Gasteiger charge is -2.23. The average molecular weight is 264 g/mol. The van der Waals surface area contributed by atoms with Gasteiger partial charge in [-0.05, 0) is 43.4 Å². The lowest BCUT2D eigenvalue weighted by molar-refractivity contribution is 0.272. The molecule has 2 saturated carbocycles. The molecule has 1 aromatic rings. The van der Waals surface area contributed by atoms with Gasteiger partial charge in [0.1, 0.15) is 0 Å². The van der Waals surface area contributed by atoms with Crippen LogP contribution in [0.15, 0.2) is 9.59 Å². The van der Waals surface area contributed by atoms with Crippen molar-refractivity contribution in [2.45, 2.75) is 45.6 Å². The molecule has 3 atom stereocenters. The van der Waals surface area contributed by atoms with Gasteiger partial charge in [-0.25, -0.2) is 4.79 Å². The Kier molecular flexibility index (Phi) is 2.99. The first-order chi connectivity index (χ1) is 9.10. The summed E-state index contributed by atoms with van der Waals surface area (Å²) in [5, 5.41) is 10.1. The van der Waals surface area contributed by atoms with E-state index >= 15 is 0 Å². The molecule has 0 aliphatic heterocycles. The van der Waals surface area contributed by atoms with Crippen LogP contribution in [0.1, 0.15) is 38.2 Å². The number of hydrogen-bond donors (Lipinski definition) is 2. The Hall–Kier alpha value is -1.52. The number of aromatic hydroxyl groups is 1. The zero-order valence-corrected chi connectivity index (χ0v) is 11.2. The molecular formula is C14H20N2O3. The van der Waals surface area contributed by atoms with E-state index in [9.17, 15) is 14.7 Å². The molecule has 104 valence electrons. The molecule has 0 amide bonds. The molecule has 0 radical (unpaired) electrons. The third-order valence-corrected chi connectivity index (χ3v) is 4.92. The minimum absolute atomic E-state index is 0.140. The van der Waals surface area contributed by atoms with Gasteiger partial charge in [-0.2, -0.15) is 0 Å². The second kappa shape index (κ2) is 4.54. The van der Waals surface area contributed by atoms with E-state index in [1.807, 2.05) is 0 Å². The lowest BCUT2D eigenvalue weighted by atomic mass is 9.89. The largest absolute Gasteiger partial charge is 0.494 e. The van der Waals surface area contributed by atoms with Gasteiger partial charge >= 0.3 is 5.69 Å². The summed E-state index contributed by atoms with van der Waals surface area (Å²) in [7, 11) is 0. The molecule has 0 aromatic carbocycles. The number of rotatable bonds is 3. The van der Waals surface area contributed by atoms with Crippen molar-refractivity contribution in [1.82, 2.24) is 9.55 Å². The molecule has 2 N–H and O–H groups in total. The van der Waals surface area contributed by atoms with Gasteiger partial charge in [0.25, 0.3) is 5.56 Å². The van der Waals surface area contributed by atoms with Gasteiger partial charge in [-0.15, -0.1) is 0 Å². The van der Waals surface area contributed by atoms with Crippen LogP contribution in [-0.2, 0) is 13.0 Å². The molecule has 1 aromatic heterocycles. The quantitative estimate of drug-likeness (QED) is 0.862. The van der Waals surface area contributed by atoms with Crippen LogP contribution in [0, 0.1) is 17.8 Å². The van der Waals surface area contributed by atoms with Crippen LogP contribution in [-0.4, -0.2) is 14.7 Å². The van der Waals surface area contributed by atoms with E-state index in [0.717, 1.165) is 12.3 Å². The fourth-order valence-electron chi connectivity index (χ4n) is 3.92. The van der Waals surface area contributed by atoms with Crippen molar-refractivity contribution in [2.24, 2.45) is 17.8 Å². The van der Waals surface area contributed by atoms with E-state index in [4.69, 9.17) is 0 Å². The van der Waals surface area contributed by atoms with Gasteiger partial charge in [0.05, 0.1) is 5.56 Å². The van der Waals surface area contributed by atoms with Gasteiger partial charge < -0.3 is 5.11 Å². The summed E-state index contributed by atoms with van der Waals surface area (Å²) in [6.45, 7) is 2.34. The highest BCUT2D eigenvalue weighted by atomic mass is 16.3. The Balaban J connectivity index is 1.93. The molecule has 0 spiro atoms. The topological polar surface area (TPSA) is 75.1 Å². The van der Waals surface area contributed by atoms with E-state index in [-0.39, 0.29) is 5.88 Å². The molecule has 5 heteroatoms. The first kappa shape index (κ1) is 12.5. The second-order valence-corrected chi connectivity index (χ2v) is 5.96. The molecule has 1 heterocycles. The molecule has 19 heavy (non-hydrogen) atoms. The number of aromatic amines is 1. The minimum atomic E-state index is -0.484. The summed E-state index contributed by atoms with van der Waals surface area (Å²) < 4.78 is 1.35. The van der Waals surface area contributed by atoms with Crippen LogP contribution < -0.4 is 11.2 Å². The number of H-pyrrole nitrogens is 1. The highest BCUT2D eigenvalue weighted by molar-refractivity contribution is 5.22. The maximum Gasteiger partial charge on any atom is 0.331 e. The van der Waals surface area contributed by atoms with Gasteiger partial charge in [0.2, 0.25) is 5.88 Å². The van der Waals surface area contributed by atoms with E-state index < -0.39 is 11.2 Å². The van der Waals surface area contributed by atoms with Crippen molar-refractivity contribution < 1.29 is 5.11 Å². The SMILES string of the molecule is CCc1c(O)n(CC2CC3CCC2C3)c(=O)[nH]c1=O. The number of nitrogens with zero attached hydrogens (tertiary/aromatic N) is 1. The maximum atomic E-state index is 11.9. The molecule has 2 bridgehead atoms. The van der Waals surface area contributed by atoms with E-state index in [2.05, 4.69) is 4.98 Å². The van der Waals surface area contributed by atoms with Crippen molar-refractivity contribution in [3.63, 3.8) is 0 Å². The maximum absolute atomic E-state index is 11.9. The summed E-state index contributed by atoms with van der Waals surface area (Å²) in [5.41, 5.74) is -0.639. The minimum Gasteiger partial charge on any atom is -0.494 e. The Morgan fingerprint density at radius 3 is 2.68 bits per heavy atom. The zero-order chi connectivity index (χ0) is 13.6. The Bertz CT molecular complexity index is 602. The average Bonchev–Trinajstić information content (AvgIpc) is 2.96. The van der Waals surface area contributed by atoms with Crippen LogP contribution in [0.3, 0.4) is 0 Å². The van der Waals surface area contributed by atoms with Gasteiger partial charge in [-0.1, -0.05) is 13.3 Å². The third kappa shape index (κ3) is 2.01. The molecule has 2 aliphatic carbocycles. The number of nitrogens with one attached hydrogen (secondary N) is 1. The number of hydrogen-bond acceptors (Lipinski definition) is 3.